The monoisotopic (exact) mass is 425 g/mol. The molecule has 0 spiro atoms. The van der Waals surface area contributed by atoms with E-state index in [4.69, 9.17) is 9.47 Å². The third-order valence-corrected chi connectivity index (χ3v) is 5.93. The Morgan fingerprint density at radius 1 is 0.871 bits per heavy atom. The molecule has 31 heavy (non-hydrogen) atoms. The number of benzene rings is 2. The van der Waals surface area contributed by atoms with Crippen molar-refractivity contribution in [3.05, 3.63) is 75.8 Å². The molecule has 2 aromatic rings. The number of carbonyl (C=O) groups excluding carboxylic acids is 1. The van der Waals surface area contributed by atoms with E-state index in [0.717, 1.165) is 5.56 Å². The summed E-state index contributed by atoms with van der Waals surface area (Å²) in [5.41, 5.74) is 1.45. The van der Waals surface area contributed by atoms with Gasteiger partial charge in [-0.1, -0.05) is 42.5 Å². The number of ether oxygens (including phenoxy) is 2. The van der Waals surface area contributed by atoms with Gasteiger partial charge in [0, 0.05) is 43.9 Å². The minimum Gasteiger partial charge on any atom is -0.379 e. The quantitative estimate of drug-likeness (QED) is 0.383. The molecular weight excluding hydrogens is 398 g/mol. The van der Waals surface area contributed by atoms with Crippen molar-refractivity contribution < 1.29 is 19.2 Å². The highest BCUT2D eigenvalue weighted by Crippen LogP contribution is 2.33. The van der Waals surface area contributed by atoms with E-state index >= 15 is 0 Å². The van der Waals surface area contributed by atoms with E-state index < -0.39 is 6.04 Å². The molecular formula is C23H27N3O5. The molecule has 2 aromatic carbocycles. The fraction of sp³-hybridized carbons (Fsp3) is 0.435. The molecule has 2 heterocycles. The maximum Gasteiger partial charge on any atom is 0.269 e. The summed E-state index contributed by atoms with van der Waals surface area (Å²) in [4.78, 5) is 29.3. The molecule has 2 saturated heterocycles. The number of non-ortho nitro benzene ring substituents is 1. The predicted octanol–water partition coefficient (Wildman–Crippen LogP) is 2.55. The lowest BCUT2D eigenvalue weighted by Gasteiger charge is -2.44. The van der Waals surface area contributed by atoms with Gasteiger partial charge in [-0.3, -0.25) is 24.7 Å². The lowest BCUT2D eigenvalue weighted by molar-refractivity contribution is -0.385. The van der Waals surface area contributed by atoms with Gasteiger partial charge in [-0.05, 0) is 5.56 Å². The van der Waals surface area contributed by atoms with E-state index in [2.05, 4.69) is 9.80 Å². The molecule has 2 aliphatic rings. The summed E-state index contributed by atoms with van der Waals surface area (Å²) in [6.07, 6.45) is 0. The zero-order chi connectivity index (χ0) is 21.6. The van der Waals surface area contributed by atoms with Crippen molar-refractivity contribution in [3.8, 4) is 0 Å². The zero-order valence-electron chi connectivity index (χ0n) is 17.4. The third kappa shape index (κ3) is 4.99. The number of nitro benzene ring substituents is 1. The number of Topliss-reactive ketones (excluding diaryl/α,β-unsaturated/α-hetero) is 1. The molecule has 2 aliphatic heterocycles. The summed E-state index contributed by atoms with van der Waals surface area (Å²) >= 11 is 0. The predicted molar refractivity (Wildman–Crippen MR) is 115 cm³/mol. The van der Waals surface area contributed by atoms with Gasteiger partial charge in [-0.25, -0.2) is 0 Å². The van der Waals surface area contributed by atoms with Gasteiger partial charge in [0.15, 0.2) is 5.78 Å². The van der Waals surface area contributed by atoms with E-state index in [1.165, 1.54) is 6.07 Å². The highest BCUT2D eigenvalue weighted by atomic mass is 16.6. The van der Waals surface area contributed by atoms with Crippen LogP contribution in [0.4, 0.5) is 5.69 Å². The minimum atomic E-state index is -0.480. The van der Waals surface area contributed by atoms with Crippen molar-refractivity contribution in [2.75, 3.05) is 52.6 Å². The normalized spacial score (nSPS) is 20.1. The van der Waals surface area contributed by atoms with Crippen LogP contribution in [-0.4, -0.2) is 79.2 Å². The Labute approximate surface area is 181 Å². The van der Waals surface area contributed by atoms with Crippen LogP contribution in [0.15, 0.2) is 54.6 Å². The highest BCUT2D eigenvalue weighted by Gasteiger charge is 2.40. The molecule has 0 aliphatic carbocycles. The average Bonchev–Trinajstić information content (AvgIpc) is 2.84. The SMILES string of the molecule is O=C(c1ccccc1)C(C(c1cccc([N+](=O)[O-])c1)N1CCOCC1)N1CCOCC1. The zero-order valence-corrected chi connectivity index (χ0v) is 17.4. The second-order valence-electron chi connectivity index (χ2n) is 7.77. The van der Waals surface area contributed by atoms with Crippen molar-refractivity contribution in [1.29, 1.82) is 0 Å². The first-order chi connectivity index (χ1) is 15.1. The van der Waals surface area contributed by atoms with E-state index in [1.807, 2.05) is 36.4 Å². The van der Waals surface area contributed by atoms with Gasteiger partial charge in [-0.15, -0.1) is 0 Å². The maximum absolute atomic E-state index is 13.8. The molecule has 164 valence electrons. The van der Waals surface area contributed by atoms with Crippen LogP contribution in [0.1, 0.15) is 22.0 Å². The fourth-order valence-electron chi connectivity index (χ4n) is 4.41. The van der Waals surface area contributed by atoms with Gasteiger partial charge >= 0.3 is 0 Å². The Kier molecular flexibility index (Phi) is 7.03. The Hall–Kier alpha value is -2.65. The van der Waals surface area contributed by atoms with Crippen LogP contribution < -0.4 is 0 Å². The summed E-state index contributed by atoms with van der Waals surface area (Å²) in [7, 11) is 0. The van der Waals surface area contributed by atoms with Crippen LogP contribution in [0, 0.1) is 10.1 Å². The second kappa shape index (κ2) is 10.1. The number of nitrogens with zero attached hydrogens (tertiary/aromatic N) is 3. The van der Waals surface area contributed by atoms with Crippen LogP contribution in [0.5, 0.6) is 0 Å². The standard InChI is InChI=1S/C23H27N3O5/c27-23(18-5-2-1-3-6-18)22(25-11-15-31-16-12-25)21(24-9-13-30-14-10-24)19-7-4-8-20(17-19)26(28)29/h1-8,17,21-22H,9-16H2. The largest absolute Gasteiger partial charge is 0.379 e. The average molecular weight is 425 g/mol. The molecule has 0 saturated carbocycles. The lowest BCUT2D eigenvalue weighted by Crippen LogP contribution is -2.55. The van der Waals surface area contributed by atoms with Crippen LogP contribution in [0.3, 0.4) is 0 Å². The fourth-order valence-corrected chi connectivity index (χ4v) is 4.41. The number of nitro groups is 1. The molecule has 0 amide bonds. The van der Waals surface area contributed by atoms with E-state index in [1.54, 1.807) is 12.1 Å². The summed E-state index contributed by atoms with van der Waals surface area (Å²) in [6, 6.07) is 15.2. The summed E-state index contributed by atoms with van der Waals surface area (Å²) < 4.78 is 11.1. The Bertz CT molecular complexity index is 895. The first kappa shape index (κ1) is 21.6. The first-order valence-electron chi connectivity index (χ1n) is 10.6. The van der Waals surface area contributed by atoms with Gasteiger partial charge in [-0.2, -0.15) is 0 Å². The summed E-state index contributed by atoms with van der Waals surface area (Å²) in [5, 5.41) is 11.5. The lowest BCUT2D eigenvalue weighted by atomic mass is 9.89. The third-order valence-electron chi connectivity index (χ3n) is 5.93. The number of carbonyl (C=O) groups is 1. The van der Waals surface area contributed by atoms with Crippen LogP contribution in [-0.2, 0) is 9.47 Å². The number of ketones is 1. The molecule has 2 atom stereocenters. The number of hydrogen-bond acceptors (Lipinski definition) is 7. The van der Waals surface area contributed by atoms with Crippen molar-refractivity contribution >= 4 is 11.5 Å². The molecule has 8 nitrogen and oxygen atoms in total. The molecule has 0 bridgehead atoms. The Morgan fingerprint density at radius 2 is 1.48 bits per heavy atom. The van der Waals surface area contributed by atoms with Crippen molar-refractivity contribution in [3.63, 3.8) is 0 Å². The summed E-state index contributed by atoms with van der Waals surface area (Å²) in [6.45, 7) is 4.86. The van der Waals surface area contributed by atoms with Crippen LogP contribution in [0.2, 0.25) is 0 Å². The Morgan fingerprint density at radius 3 is 2.10 bits per heavy atom. The van der Waals surface area contributed by atoms with Gasteiger partial charge in [0.25, 0.3) is 5.69 Å². The number of rotatable bonds is 7. The van der Waals surface area contributed by atoms with Crippen molar-refractivity contribution in [2.45, 2.75) is 12.1 Å². The molecule has 2 unspecified atom stereocenters. The van der Waals surface area contributed by atoms with Gasteiger partial charge in [0.2, 0.25) is 0 Å². The Balaban J connectivity index is 1.79. The minimum absolute atomic E-state index is 0.0190. The van der Waals surface area contributed by atoms with Crippen LogP contribution >= 0.6 is 0 Å². The summed E-state index contributed by atoms with van der Waals surface area (Å²) in [5.74, 6) is 0.0190. The molecule has 0 radical (unpaired) electrons. The molecule has 0 N–H and O–H groups in total. The van der Waals surface area contributed by atoms with Gasteiger partial charge in [0.1, 0.15) is 0 Å². The molecule has 2 fully saturated rings. The van der Waals surface area contributed by atoms with Crippen molar-refractivity contribution in [2.24, 2.45) is 0 Å². The van der Waals surface area contributed by atoms with E-state index in [0.29, 0.717) is 58.2 Å². The molecule has 4 rings (SSSR count). The van der Waals surface area contributed by atoms with Gasteiger partial charge in [0.05, 0.1) is 43.4 Å². The number of hydrogen-bond donors (Lipinski definition) is 0. The van der Waals surface area contributed by atoms with Crippen molar-refractivity contribution in [1.82, 2.24) is 9.80 Å². The van der Waals surface area contributed by atoms with Gasteiger partial charge < -0.3 is 9.47 Å². The highest BCUT2D eigenvalue weighted by molar-refractivity contribution is 6.00. The second-order valence-corrected chi connectivity index (χ2v) is 7.77. The number of morpholine rings is 2. The topological polar surface area (TPSA) is 85.1 Å². The molecule has 0 aromatic heterocycles. The maximum atomic E-state index is 13.8. The van der Waals surface area contributed by atoms with Crippen LogP contribution in [0.25, 0.3) is 0 Å². The first-order valence-corrected chi connectivity index (χ1v) is 10.6. The van der Waals surface area contributed by atoms with E-state index in [9.17, 15) is 14.9 Å². The molecule has 8 heteroatoms. The van der Waals surface area contributed by atoms with E-state index in [-0.39, 0.29) is 22.4 Å². The smallest absolute Gasteiger partial charge is 0.269 e.